The molecule has 0 unspecified atom stereocenters. The Morgan fingerprint density at radius 2 is 1.88 bits per heavy atom. The Morgan fingerprint density at radius 3 is 2.60 bits per heavy atom. The number of anilines is 3. The van der Waals surface area contributed by atoms with Crippen LogP contribution in [0.25, 0.3) is 0 Å². The molecular weight excluding hydrogens is 548 g/mol. The Balaban J connectivity index is 1.23. The molecular formula is C32H38N6O5. The highest BCUT2D eigenvalue weighted by Gasteiger charge is 2.44. The van der Waals surface area contributed by atoms with Crippen LogP contribution in [0.2, 0.25) is 0 Å². The fourth-order valence-corrected chi connectivity index (χ4v) is 5.74. The first kappa shape index (κ1) is 29.0. The monoisotopic (exact) mass is 586 g/mol. The third-order valence-corrected chi connectivity index (χ3v) is 8.46. The van der Waals surface area contributed by atoms with E-state index in [1.807, 2.05) is 50.2 Å². The van der Waals surface area contributed by atoms with Crippen LogP contribution in [-0.2, 0) is 15.1 Å². The molecule has 2 aliphatic heterocycles. The standard InChI is InChI=1S/C32H38N6O5/c1-31(2)25-16-22(8-9-23(25)29(41)43-31)35-30-33-17-24(27(37-30)36-26(18-39)21-6-4-3-5-7-21)28(40)34-19-32(10-11-32)20-38-12-14-42-15-13-38/h3-9,16-17,26,39H,10-15,18-20H2,1-2H3,(H,34,40)(H2,33,35,36,37)/t26-/m1/s1. The van der Waals surface area contributed by atoms with Gasteiger partial charge >= 0.3 is 5.97 Å². The third kappa shape index (κ3) is 6.48. The molecule has 226 valence electrons. The van der Waals surface area contributed by atoms with Gasteiger partial charge in [0.1, 0.15) is 17.0 Å². The molecule has 11 nitrogen and oxygen atoms in total. The Kier molecular flexibility index (Phi) is 8.04. The number of hydrogen-bond donors (Lipinski definition) is 4. The molecule has 1 aliphatic carbocycles. The number of carbonyl (C=O) groups is 2. The highest BCUT2D eigenvalue weighted by atomic mass is 16.6. The number of nitrogens with one attached hydrogen (secondary N) is 3. The SMILES string of the molecule is CC1(C)OC(=O)c2ccc(Nc3ncc(C(=O)NCC4(CN5CCOCC5)CC4)c(N[C@H](CO)c4ccccc4)n3)cc21. The Hall–Kier alpha value is -4.06. The Bertz CT molecular complexity index is 1490. The van der Waals surface area contributed by atoms with Gasteiger partial charge in [0, 0.05) is 49.0 Å². The smallest absolute Gasteiger partial charge is 0.339 e. The number of hydrogen-bond acceptors (Lipinski definition) is 10. The zero-order chi connectivity index (χ0) is 30.0. The summed E-state index contributed by atoms with van der Waals surface area (Å²) in [5.41, 5.74) is 2.45. The van der Waals surface area contributed by atoms with Crippen LogP contribution in [0.15, 0.2) is 54.7 Å². The van der Waals surface area contributed by atoms with Gasteiger partial charge in [-0.2, -0.15) is 4.98 Å². The molecule has 3 heterocycles. The molecule has 2 aromatic carbocycles. The van der Waals surface area contributed by atoms with Crippen molar-refractivity contribution in [1.29, 1.82) is 0 Å². The van der Waals surface area contributed by atoms with E-state index in [4.69, 9.17) is 9.47 Å². The van der Waals surface area contributed by atoms with Gasteiger partial charge < -0.3 is 30.5 Å². The number of esters is 1. The Labute approximate surface area is 251 Å². The molecule has 2 fully saturated rings. The van der Waals surface area contributed by atoms with E-state index in [1.165, 1.54) is 6.20 Å². The number of aliphatic hydroxyl groups excluding tert-OH is 1. The maximum Gasteiger partial charge on any atom is 0.339 e. The van der Waals surface area contributed by atoms with Crippen molar-refractivity contribution < 1.29 is 24.2 Å². The molecule has 1 aromatic heterocycles. The summed E-state index contributed by atoms with van der Waals surface area (Å²) in [5.74, 6) is -0.0609. The van der Waals surface area contributed by atoms with Crippen LogP contribution in [0.4, 0.5) is 17.5 Å². The van der Waals surface area contributed by atoms with Crippen LogP contribution in [0, 0.1) is 5.41 Å². The molecule has 43 heavy (non-hydrogen) atoms. The van der Waals surface area contributed by atoms with Gasteiger partial charge in [-0.25, -0.2) is 9.78 Å². The van der Waals surface area contributed by atoms with Gasteiger partial charge in [-0.05, 0) is 50.5 Å². The number of ether oxygens (including phenoxy) is 2. The second-order valence-electron chi connectivity index (χ2n) is 12.1. The van der Waals surface area contributed by atoms with E-state index in [2.05, 4.69) is 30.8 Å². The Morgan fingerprint density at radius 1 is 1.12 bits per heavy atom. The number of morpholine rings is 1. The van der Waals surface area contributed by atoms with Crippen molar-refractivity contribution in [2.45, 2.75) is 38.3 Å². The number of nitrogens with zero attached hydrogens (tertiary/aromatic N) is 3. The summed E-state index contributed by atoms with van der Waals surface area (Å²) >= 11 is 0. The molecule has 1 amide bonds. The normalized spacial score (nSPS) is 19.2. The minimum absolute atomic E-state index is 0.0764. The van der Waals surface area contributed by atoms with E-state index in [-0.39, 0.29) is 35.4 Å². The predicted molar refractivity (Wildman–Crippen MR) is 161 cm³/mol. The second kappa shape index (κ2) is 11.9. The molecule has 1 saturated carbocycles. The third-order valence-electron chi connectivity index (χ3n) is 8.46. The highest BCUT2D eigenvalue weighted by molar-refractivity contribution is 5.99. The number of aromatic nitrogens is 2. The molecule has 0 spiro atoms. The summed E-state index contributed by atoms with van der Waals surface area (Å²) in [6.45, 7) is 8.32. The topological polar surface area (TPSA) is 138 Å². The van der Waals surface area contributed by atoms with Crippen LogP contribution in [0.3, 0.4) is 0 Å². The van der Waals surface area contributed by atoms with E-state index < -0.39 is 11.6 Å². The summed E-state index contributed by atoms with van der Waals surface area (Å²) in [4.78, 5) is 37.3. The van der Waals surface area contributed by atoms with Gasteiger partial charge in [-0.3, -0.25) is 9.69 Å². The quantitative estimate of drug-likeness (QED) is 0.247. The fraction of sp³-hybridized carbons (Fsp3) is 0.438. The molecule has 1 atom stereocenters. The van der Waals surface area contributed by atoms with E-state index >= 15 is 0 Å². The van der Waals surface area contributed by atoms with Gasteiger partial charge in [0.05, 0.1) is 31.4 Å². The molecule has 1 saturated heterocycles. The lowest BCUT2D eigenvalue weighted by Crippen LogP contribution is -2.43. The number of carbonyl (C=O) groups excluding carboxylic acids is 2. The highest BCUT2D eigenvalue weighted by Crippen LogP contribution is 2.46. The molecule has 0 bridgehead atoms. The number of benzene rings is 2. The van der Waals surface area contributed by atoms with Crippen molar-refractivity contribution in [2.75, 3.05) is 56.6 Å². The summed E-state index contributed by atoms with van der Waals surface area (Å²) in [7, 11) is 0. The van der Waals surface area contributed by atoms with Gasteiger partial charge in [0.2, 0.25) is 5.95 Å². The van der Waals surface area contributed by atoms with Crippen LogP contribution >= 0.6 is 0 Å². The summed E-state index contributed by atoms with van der Waals surface area (Å²) in [5, 5.41) is 19.8. The van der Waals surface area contributed by atoms with Gasteiger partial charge in [0.25, 0.3) is 5.91 Å². The largest absolute Gasteiger partial charge is 0.451 e. The van der Waals surface area contributed by atoms with Crippen molar-refractivity contribution in [1.82, 2.24) is 20.2 Å². The minimum atomic E-state index is -0.746. The first-order valence-corrected chi connectivity index (χ1v) is 14.8. The van der Waals surface area contributed by atoms with Crippen LogP contribution in [0.1, 0.15) is 64.6 Å². The summed E-state index contributed by atoms with van der Waals surface area (Å²) < 4.78 is 11.0. The fourth-order valence-electron chi connectivity index (χ4n) is 5.74. The number of cyclic esters (lactones) is 1. The van der Waals surface area contributed by atoms with Crippen molar-refractivity contribution in [2.24, 2.45) is 5.41 Å². The average molecular weight is 587 g/mol. The van der Waals surface area contributed by atoms with Crippen LogP contribution in [0.5, 0.6) is 0 Å². The predicted octanol–water partition coefficient (Wildman–Crippen LogP) is 3.61. The zero-order valence-electron chi connectivity index (χ0n) is 24.6. The van der Waals surface area contributed by atoms with E-state index in [9.17, 15) is 14.7 Å². The second-order valence-corrected chi connectivity index (χ2v) is 12.1. The van der Waals surface area contributed by atoms with Crippen molar-refractivity contribution in [3.05, 3.63) is 77.0 Å². The van der Waals surface area contributed by atoms with E-state index in [0.717, 1.165) is 56.8 Å². The first-order chi connectivity index (χ1) is 20.7. The number of fused-ring (bicyclic) bond motifs is 1. The lowest BCUT2D eigenvalue weighted by atomic mass is 9.95. The first-order valence-electron chi connectivity index (χ1n) is 14.8. The summed E-state index contributed by atoms with van der Waals surface area (Å²) in [6.07, 6.45) is 3.64. The van der Waals surface area contributed by atoms with Crippen molar-refractivity contribution in [3.8, 4) is 0 Å². The number of amides is 1. The van der Waals surface area contributed by atoms with Gasteiger partial charge in [-0.1, -0.05) is 30.3 Å². The maximum absolute atomic E-state index is 13.5. The van der Waals surface area contributed by atoms with E-state index in [1.54, 1.807) is 12.1 Å². The molecule has 11 heteroatoms. The average Bonchev–Trinajstić information content (AvgIpc) is 3.73. The summed E-state index contributed by atoms with van der Waals surface area (Å²) in [6, 6.07) is 14.4. The van der Waals surface area contributed by atoms with Crippen LogP contribution in [-0.4, -0.2) is 77.9 Å². The number of aliphatic hydroxyl groups is 1. The maximum atomic E-state index is 13.5. The molecule has 3 aliphatic rings. The minimum Gasteiger partial charge on any atom is -0.451 e. The van der Waals surface area contributed by atoms with Gasteiger partial charge in [-0.15, -0.1) is 0 Å². The zero-order valence-corrected chi connectivity index (χ0v) is 24.6. The molecule has 4 N–H and O–H groups in total. The van der Waals surface area contributed by atoms with Crippen molar-refractivity contribution >= 4 is 29.3 Å². The molecule has 0 radical (unpaired) electrons. The van der Waals surface area contributed by atoms with E-state index in [0.29, 0.717) is 23.6 Å². The number of rotatable bonds is 11. The lowest BCUT2D eigenvalue weighted by molar-refractivity contribution is 0.00953. The van der Waals surface area contributed by atoms with Crippen molar-refractivity contribution in [3.63, 3.8) is 0 Å². The lowest BCUT2D eigenvalue weighted by Gasteiger charge is -2.30. The molecule has 6 rings (SSSR count). The van der Waals surface area contributed by atoms with Crippen LogP contribution < -0.4 is 16.0 Å². The molecule has 3 aromatic rings. The van der Waals surface area contributed by atoms with Gasteiger partial charge in [0.15, 0.2) is 0 Å².